The van der Waals surface area contributed by atoms with Gasteiger partial charge in [-0.15, -0.1) is 0 Å². The summed E-state index contributed by atoms with van der Waals surface area (Å²) in [7, 11) is 1.62. The lowest BCUT2D eigenvalue weighted by atomic mass is 9.86. The van der Waals surface area contributed by atoms with E-state index in [2.05, 4.69) is 5.32 Å². The second-order valence-corrected chi connectivity index (χ2v) is 5.77. The normalized spacial score (nSPS) is 21.1. The van der Waals surface area contributed by atoms with E-state index < -0.39 is 5.97 Å². The highest BCUT2D eigenvalue weighted by atomic mass is 16.5. The molecule has 1 aromatic carbocycles. The van der Waals surface area contributed by atoms with Gasteiger partial charge in [0.25, 0.3) is 0 Å². The van der Waals surface area contributed by atoms with Gasteiger partial charge >= 0.3 is 5.97 Å². The van der Waals surface area contributed by atoms with Gasteiger partial charge in [-0.3, -0.25) is 9.59 Å². The molecule has 1 fully saturated rings. The van der Waals surface area contributed by atoms with E-state index >= 15 is 0 Å². The maximum atomic E-state index is 12.0. The third kappa shape index (κ3) is 4.48. The third-order valence-electron chi connectivity index (χ3n) is 4.26. The number of nitrogens with one attached hydrogen (secondary N) is 1. The number of carbonyl (C=O) groups excluding carboxylic acids is 1. The van der Waals surface area contributed by atoms with Crippen molar-refractivity contribution in [2.24, 2.45) is 5.92 Å². The molecule has 0 aromatic heterocycles. The summed E-state index contributed by atoms with van der Waals surface area (Å²) in [5.74, 6) is -0.148. The lowest BCUT2D eigenvalue weighted by molar-refractivity contribution is -0.142. The molecule has 1 amide bonds. The summed E-state index contributed by atoms with van der Waals surface area (Å²) in [6, 6.07) is 7.80. The van der Waals surface area contributed by atoms with Gasteiger partial charge in [0.15, 0.2) is 0 Å². The van der Waals surface area contributed by atoms with Crippen LogP contribution in [0.5, 0.6) is 5.75 Å². The van der Waals surface area contributed by atoms with Crippen molar-refractivity contribution in [3.8, 4) is 5.75 Å². The van der Waals surface area contributed by atoms with Crippen molar-refractivity contribution in [3.05, 3.63) is 29.8 Å². The van der Waals surface area contributed by atoms with Gasteiger partial charge in [0.05, 0.1) is 13.0 Å². The Kier molecular flexibility index (Phi) is 5.81. The molecule has 0 heterocycles. The van der Waals surface area contributed by atoms with Crippen LogP contribution in [0.3, 0.4) is 0 Å². The number of aliphatic carboxylic acids is 1. The predicted octanol–water partition coefficient (Wildman–Crippen LogP) is 2.39. The number of carbonyl (C=O) groups is 2. The van der Waals surface area contributed by atoms with E-state index in [0.29, 0.717) is 25.7 Å². The Morgan fingerprint density at radius 1 is 1.23 bits per heavy atom. The number of carboxylic acid groups (broad SMARTS) is 1. The smallest absolute Gasteiger partial charge is 0.306 e. The molecule has 0 radical (unpaired) electrons. The van der Waals surface area contributed by atoms with Crippen LogP contribution in [-0.4, -0.2) is 30.1 Å². The van der Waals surface area contributed by atoms with Gasteiger partial charge in [0.1, 0.15) is 5.75 Å². The zero-order valence-electron chi connectivity index (χ0n) is 12.9. The van der Waals surface area contributed by atoms with Crippen molar-refractivity contribution in [3.63, 3.8) is 0 Å². The number of ether oxygens (including phenoxy) is 1. The molecule has 2 N–H and O–H groups in total. The fourth-order valence-corrected chi connectivity index (χ4v) is 2.94. The van der Waals surface area contributed by atoms with Crippen LogP contribution in [-0.2, 0) is 16.0 Å². The van der Waals surface area contributed by atoms with Gasteiger partial charge < -0.3 is 15.2 Å². The van der Waals surface area contributed by atoms with Gasteiger partial charge in [0.2, 0.25) is 5.91 Å². The number of benzene rings is 1. The molecule has 0 spiro atoms. The monoisotopic (exact) mass is 305 g/mol. The van der Waals surface area contributed by atoms with Crippen LogP contribution in [0, 0.1) is 5.92 Å². The van der Waals surface area contributed by atoms with Gasteiger partial charge in [-0.05, 0) is 43.7 Å². The summed E-state index contributed by atoms with van der Waals surface area (Å²) >= 11 is 0. The van der Waals surface area contributed by atoms with E-state index in [4.69, 9.17) is 9.84 Å². The number of rotatable bonds is 6. The number of methoxy groups -OCH3 is 1. The van der Waals surface area contributed by atoms with Crippen LogP contribution in [0.2, 0.25) is 0 Å². The van der Waals surface area contributed by atoms with E-state index in [-0.39, 0.29) is 17.9 Å². The molecular formula is C17H23NO4. The van der Waals surface area contributed by atoms with Gasteiger partial charge in [-0.25, -0.2) is 0 Å². The van der Waals surface area contributed by atoms with Crippen LogP contribution in [0.25, 0.3) is 0 Å². The van der Waals surface area contributed by atoms with Gasteiger partial charge in [-0.1, -0.05) is 18.2 Å². The second kappa shape index (κ2) is 7.82. The highest BCUT2D eigenvalue weighted by molar-refractivity contribution is 5.76. The zero-order chi connectivity index (χ0) is 15.9. The molecule has 5 heteroatoms. The van der Waals surface area contributed by atoms with Crippen molar-refractivity contribution < 1.29 is 19.4 Å². The number of aryl methyl sites for hydroxylation is 1. The minimum absolute atomic E-state index is 0.0182. The first-order valence-electron chi connectivity index (χ1n) is 7.74. The number of amides is 1. The Morgan fingerprint density at radius 2 is 1.91 bits per heavy atom. The largest absolute Gasteiger partial charge is 0.496 e. The van der Waals surface area contributed by atoms with E-state index in [9.17, 15) is 9.59 Å². The van der Waals surface area contributed by atoms with E-state index in [0.717, 1.165) is 24.2 Å². The molecule has 1 aliphatic carbocycles. The number of para-hydroxylation sites is 1. The van der Waals surface area contributed by atoms with Crippen LogP contribution >= 0.6 is 0 Å². The molecule has 0 unspecified atom stereocenters. The summed E-state index contributed by atoms with van der Waals surface area (Å²) in [5, 5.41) is 12.0. The maximum Gasteiger partial charge on any atom is 0.306 e. The predicted molar refractivity (Wildman–Crippen MR) is 82.8 cm³/mol. The van der Waals surface area contributed by atoms with Crippen LogP contribution in [0.1, 0.15) is 37.7 Å². The Balaban J connectivity index is 1.76. The van der Waals surface area contributed by atoms with Crippen LogP contribution in [0.4, 0.5) is 0 Å². The van der Waals surface area contributed by atoms with E-state index in [1.54, 1.807) is 7.11 Å². The summed E-state index contributed by atoms with van der Waals surface area (Å²) in [6.07, 6.45) is 3.84. The minimum Gasteiger partial charge on any atom is -0.496 e. The van der Waals surface area contributed by atoms with Crippen molar-refractivity contribution in [1.82, 2.24) is 5.32 Å². The molecule has 1 aromatic rings. The summed E-state index contributed by atoms with van der Waals surface area (Å²) in [6.45, 7) is 0. The molecule has 22 heavy (non-hydrogen) atoms. The fourth-order valence-electron chi connectivity index (χ4n) is 2.94. The van der Waals surface area contributed by atoms with E-state index in [1.807, 2.05) is 24.3 Å². The van der Waals surface area contributed by atoms with Gasteiger partial charge in [0, 0.05) is 12.5 Å². The summed E-state index contributed by atoms with van der Waals surface area (Å²) in [4.78, 5) is 22.9. The lowest BCUT2D eigenvalue weighted by Gasteiger charge is -2.26. The molecule has 1 aliphatic rings. The lowest BCUT2D eigenvalue weighted by Crippen LogP contribution is -2.38. The standard InChI is InChI=1S/C17H23NO4/c1-22-15-5-3-2-4-12(15)8-11-16(19)18-14-9-6-13(7-10-14)17(20)21/h2-5,13-14H,6-11H2,1H3,(H,18,19)(H,20,21). The second-order valence-electron chi connectivity index (χ2n) is 5.77. The number of hydrogen-bond donors (Lipinski definition) is 2. The summed E-state index contributed by atoms with van der Waals surface area (Å²) < 4.78 is 5.27. The van der Waals surface area contributed by atoms with E-state index in [1.165, 1.54) is 0 Å². The quantitative estimate of drug-likeness (QED) is 0.846. The Bertz CT molecular complexity index is 521. The molecule has 120 valence electrons. The average Bonchev–Trinajstić information content (AvgIpc) is 2.53. The maximum absolute atomic E-state index is 12.0. The Labute approximate surface area is 130 Å². The van der Waals surface area contributed by atoms with Crippen LogP contribution < -0.4 is 10.1 Å². The fraction of sp³-hybridized carbons (Fsp3) is 0.529. The van der Waals surface area contributed by atoms with Crippen LogP contribution in [0.15, 0.2) is 24.3 Å². The highest BCUT2D eigenvalue weighted by Crippen LogP contribution is 2.24. The van der Waals surface area contributed by atoms with Crippen molar-refractivity contribution in [2.45, 2.75) is 44.6 Å². The first-order chi connectivity index (χ1) is 10.6. The Morgan fingerprint density at radius 3 is 2.55 bits per heavy atom. The SMILES string of the molecule is COc1ccccc1CCC(=O)NC1CCC(C(=O)O)CC1. The third-order valence-corrected chi connectivity index (χ3v) is 4.26. The number of carboxylic acids is 1. The molecule has 1 saturated carbocycles. The first-order valence-corrected chi connectivity index (χ1v) is 7.74. The number of hydrogen-bond acceptors (Lipinski definition) is 3. The topological polar surface area (TPSA) is 75.6 Å². The summed E-state index contributed by atoms with van der Waals surface area (Å²) in [5.41, 5.74) is 1.02. The van der Waals surface area contributed by atoms with Crippen molar-refractivity contribution >= 4 is 11.9 Å². The molecule has 5 nitrogen and oxygen atoms in total. The van der Waals surface area contributed by atoms with Crippen molar-refractivity contribution in [1.29, 1.82) is 0 Å². The molecule has 0 bridgehead atoms. The van der Waals surface area contributed by atoms with Gasteiger partial charge in [-0.2, -0.15) is 0 Å². The molecule has 0 aliphatic heterocycles. The molecule has 0 atom stereocenters. The molecular weight excluding hydrogens is 282 g/mol. The Hall–Kier alpha value is -2.04. The first kappa shape index (κ1) is 16.3. The average molecular weight is 305 g/mol. The minimum atomic E-state index is -0.721. The molecule has 2 rings (SSSR count). The highest BCUT2D eigenvalue weighted by Gasteiger charge is 2.26. The molecule has 0 saturated heterocycles. The van der Waals surface area contributed by atoms with Crippen molar-refractivity contribution in [2.75, 3.05) is 7.11 Å². The zero-order valence-corrected chi connectivity index (χ0v) is 12.9.